The number of amides is 1. The Hall–Kier alpha value is -2.63. The van der Waals surface area contributed by atoms with Crippen LogP contribution < -0.4 is 16.2 Å². The Labute approximate surface area is 108 Å². The van der Waals surface area contributed by atoms with Crippen LogP contribution in [0.5, 0.6) is 0 Å². The van der Waals surface area contributed by atoms with Crippen LogP contribution in [-0.4, -0.2) is 22.4 Å². The predicted octanol–water partition coefficient (Wildman–Crippen LogP) is 0.990. The molecule has 0 saturated heterocycles. The van der Waals surface area contributed by atoms with E-state index in [0.29, 0.717) is 0 Å². The van der Waals surface area contributed by atoms with Gasteiger partial charge in [0.25, 0.3) is 11.5 Å². The molecule has 0 radical (unpaired) electrons. The summed E-state index contributed by atoms with van der Waals surface area (Å²) in [5.74, 6) is -0.345. The van der Waals surface area contributed by atoms with Crippen molar-refractivity contribution in [2.45, 2.75) is 6.42 Å². The molecule has 2 aromatic rings. The Bertz CT molecular complexity index is 673. The Kier molecular flexibility index (Phi) is 2.75. The molecular formula is C13H12N4O2. The minimum Gasteiger partial charge on any atom is -0.384 e. The summed E-state index contributed by atoms with van der Waals surface area (Å²) in [7, 11) is 0. The molecule has 6 nitrogen and oxygen atoms in total. The summed E-state index contributed by atoms with van der Waals surface area (Å²) in [6.07, 6.45) is 3.34. The topological polar surface area (TPSA) is 86.9 Å². The molecule has 0 bridgehead atoms. The van der Waals surface area contributed by atoms with E-state index in [1.54, 1.807) is 0 Å². The first-order valence-corrected chi connectivity index (χ1v) is 5.95. The Morgan fingerprint density at radius 2 is 2.26 bits per heavy atom. The maximum atomic E-state index is 11.9. The van der Waals surface area contributed by atoms with Gasteiger partial charge in [0.1, 0.15) is 5.69 Å². The van der Waals surface area contributed by atoms with E-state index in [-0.39, 0.29) is 17.2 Å². The fourth-order valence-electron chi connectivity index (χ4n) is 2.04. The fourth-order valence-corrected chi connectivity index (χ4v) is 2.04. The molecule has 19 heavy (non-hydrogen) atoms. The van der Waals surface area contributed by atoms with Crippen LogP contribution in [0.3, 0.4) is 0 Å². The minimum absolute atomic E-state index is 0.179. The summed E-state index contributed by atoms with van der Waals surface area (Å²) >= 11 is 0. The zero-order valence-electron chi connectivity index (χ0n) is 10.1. The summed E-state index contributed by atoms with van der Waals surface area (Å²) in [5, 5.41) is 6.01. The van der Waals surface area contributed by atoms with Gasteiger partial charge in [0.05, 0.1) is 6.20 Å². The van der Waals surface area contributed by atoms with Gasteiger partial charge in [0.15, 0.2) is 0 Å². The molecule has 3 N–H and O–H groups in total. The average molecular weight is 256 g/mol. The van der Waals surface area contributed by atoms with Gasteiger partial charge in [0.2, 0.25) is 0 Å². The first kappa shape index (κ1) is 11.5. The normalized spacial score (nSPS) is 12.6. The van der Waals surface area contributed by atoms with Crippen molar-refractivity contribution >= 4 is 17.3 Å². The molecule has 0 aliphatic carbocycles. The second kappa shape index (κ2) is 4.56. The summed E-state index contributed by atoms with van der Waals surface area (Å²) in [5.41, 5.74) is 2.87. The highest BCUT2D eigenvalue weighted by molar-refractivity contribution is 6.02. The average Bonchev–Trinajstić information content (AvgIpc) is 2.87. The predicted molar refractivity (Wildman–Crippen MR) is 71.4 cm³/mol. The maximum Gasteiger partial charge on any atom is 0.275 e. The number of aromatic nitrogens is 2. The maximum absolute atomic E-state index is 11.9. The number of benzene rings is 1. The van der Waals surface area contributed by atoms with Gasteiger partial charge >= 0.3 is 0 Å². The molecule has 1 aromatic carbocycles. The van der Waals surface area contributed by atoms with Crippen molar-refractivity contribution in [1.82, 2.24) is 9.97 Å². The number of aromatic amines is 1. The van der Waals surface area contributed by atoms with E-state index in [2.05, 4.69) is 20.6 Å². The van der Waals surface area contributed by atoms with Gasteiger partial charge in [-0.2, -0.15) is 0 Å². The van der Waals surface area contributed by atoms with Crippen LogP contribution in [0, 0.1) is 0 Å². The lowest BCUT2D eigenvalue weighted by molar-refractivity contribution is 0.102. The Morgan fingerprint density at radius 1 is 1.37 bits per heavy atom. The molecule has 0 spiro atoms. The number of nitrogens with zero attached hydrogens (tertiary/aromatic N) is 1. The Balaban J connectivity index is 1.79. The zero-order valence-corrected chi connectivity index (χ0v) is 10.1. The van der Waals surface area contributed by atoms with Crippen LogP contribution in [0.4, 0.5) is 11.4 Å². The number of nitrogens with one attached hydrogen (secondary N) is 3. The first-order chi connectivity index (χ1) is 9.22. The smallest absolute Gasteiger partial charge is 0.275 e. The van der Waals surface area contributed by atoms with Gasteiger partial charge < -0.3 is 15.6 Å². The lowest BCUT2D eigenvalue weighted by Crippen LogP contribution is -2.17. The number of hydrogen-bond donors (Lipinski definition) is 3. The summed E-state index contributed by atoms with van der Waals surface area (Å²) in [6.45, 7) is 0.925. The Morgan fingerprint density at radius 3 is 3.05 bits per heavy atom. The molecule has 3 rings (SSSR count). The van der Waals surface area contributed by atoms with E-state index in [1.807, 2.05) is 18.2 Å². The van der Waals surface area contributed by atoms with Crippen LogP contribution in [-0.2, 0) is 6.42 Å². The summed E-state index contributed by atoms with van der Waals surface area (Å²) in [4.78, 5) is 29.0. The molecule has 96 valence electrons. The molecule has 1 aliphatic rings. The van der Waals surface area contributed by atoms with Crippen molar-refractivity contribution in [2.75, 3.05) is 17.2 Å². The second-order valence-electron chi connectivity index (χ2n) is 4.30. The third kappa shape index (κ3) is 2.33. The molecule has 1 aromatic heterocycles. The number of rotatable bonds is 2. The molecule has 6 heteroatoms. The van der Waals surface area contributed by atoms with Gasteiger partial charge in [-0.3, -0.25) is 9.59 Å². The van der Waals surface area contributed by atoms with Gasteiger partial charge in [-0.25, -0.2) is 4.98 Å². The van der Waals surface area contributed by atoms with Crippen molar-refractivity contribution in [3.8, 4) is 0 Å². The van der Waals surface area contributed by atoms with E-state index >= 15 is 0 Å². The molecule has 1 amide bonds. The molecule has 0 fully saturated rings. The van der Waals surface area contributed by atoms with Crippen molar-refractivity contribution < 1.29 is 4.79 Å². The largest absolute Gasteiger partial charge is 0.384 e. The molecule has 0 atom stereocenters. The molecule has 0 unspecified atom stereocenters. The number of anilines is 2. The van der Waals surface area contributed by atoms with Crippen LogP contribution in [0.1, 0.15) is 16.1 Å². The number of H-pyrrole nitrogens is 1. The van der Waals surface area contributed by atoms with Crippen molar-refractivity contribution in [3.05, 3.63) is 52.2 Å². The van der Waals surface area contributed by atoms with E-state index in [1.165, 1.54) is 11.8 Å². The summed E-state index contributed by atoms with van der Waals surface area (Å²) < 4.78 is 0. The highest BCUT2D eigenvalue weighted by Gasteiger charge is 2.12. The van der Waals surface area contributed by atoms with E-state index in [4.69, 9.17) is 0 Å². The molecule has 0 saturated carbocycles. The zero-order chi connectivity index (χ0) is 13.2. The van der Waals surface area contributed by atoms with Crippen molar-refractivity contribution in [1.29, 1.82) is 0 Å². The number of carbonyl (C=O) groups is 1. The van der Waals surface area contributed by atoms with Crippen molar-refractivity contribution in [3.63, 3.8) is 0 Å². The van der Waals surface area contributed by atoms with E-state index in [9.17, 15) is 9.59 Å². The molecule has 1 aliphatic heterocycles. The van der Waals surface area contributed by atoms with E-state index in [0.717, 1.165) is 30.5 Å². The number of fused-ring (bicyclic) bond motifs is 1. The summed E-state index contributed by atoms with van der Waals surface area (Å²) in [6, 6.07) is 5.72. The van der Waals surface area contributed by atoms with Gasteiger partial charge in [-0.1, -0.05) is 0 Å². The lowest BCUT2D eigenvalue weighted by atomic mass is 10.1. The molecular weight excluding hydrogens is 244 g/mol. The third-order valence-corrected chi connectivity index (χ3v) is 2.98. The quantitative estimate of drug-likeness (QED) is 0.747. The SMILES string of the molecule is O=C(Nc1ccc2c(c1)CCN2)c1c[nH]c(=O)cn1. The van der Waals surface area contributed by atoms with Crippen LogP contribution in [0.15, 0.2) is 35.4 Å². The fraction of sp³-hybridized carbons (Fsp3) is 0.154. The van der Waals surface area contributed by atoms with Crippen LogP contribution >= 0.6 is 0 Å². The van der Waals surface area contributed by atoms with E-state index < -0.39 is 0 Å². The molecule has 2 heterocycles. The monoisotopic (exact) mass is 256 g/mol. The standard InChI is InChI=1S/C13H12N4O2/c18-12-7-15-11(6-16-12)13(19)17-9-1-2-10-8(5-9)3-4-14-10/h1-2,5-7,14H,3-4H2,(H,16,18)(H,17,19). The number of carbonyl (C=O) groups excluding carboxylic acids is 1. The minimum atomic E-state index is -0.345. The number of hydrogen-bond acceptors (Lipinski definition) is 4. The van der Waals surface area contributed by atoms with Crippen molar-refractivity contribution in [2.24, 2.45) is 0 Å². The van der Waals surface area contributed by atoms with Crippen LogP contribution in [0.25, 0.3) is 0 Å². The van der Waals surface area contributed by atoms with Gasteiger partial charge in [0, 0.05) is 24.1 Å². The van der Waals surface area contributed by atoms with Crippen LogP contribution in [0.2, 0.25) is 0 Å². The van der Waals surface area contributed by atoms with Gasteiger partial charge in [-0.05, 0) is 30.2 Å². The lowest BCUT2D eigenvalue weighted by Gasteiger charge is -2.06. The van der Waals surface area contributed by atoms with Gasteiger partial charge in [-0.15, -0.1) is 0 Å². The highest BCUT2D eigenvalue weighted by Crippen LogP contribution is 2.25. The third-order valence-electron chi connectivity index (χ3n) is 2.98. The second-order valence-corrected chi connectivity index (χ2v) is 4.30. The first-order valence-electron chi connectivity index (χ1n) is 5.95. The highest BCUT2D eigenvalue weighted by atomic mass is 16.2.